The van der Waals surface area contributed by atoms with E-state index in [-0.39, 0.29) is 0 Å². The molecule has 1 nitrogen and oxygen atoms in total. The molecule has 0 bridgehead atoms. The Labute approximate surface area is 108 Å². The van der Waals surface area contributed by atoms with Crippen molar-refractivity contribution in [1.82, 2.24) is 0 Å². The second kappa shape index (κ2) is 11.1. The second-order valence-corrected chi connectivity index (χ2v) is 5.61. The first-order chi connectivity index (χ1) is 8.43. The summed E-state index contributed by atoms with van der Waals surface area (Å²) in [7, 11) is 0. The summed E-state index contributed by atoms with van der Waals surface area (Å²) in [6.07, 6.45) is 18.6. The highest BCUT2D eigenvalue weighted by atomic mass is 16.5. The van der Waals surface area contributed by atoms with Gasteiger partial charge in [0.1, 0.15) is 0 Å². The Morgan fingerprint density at radius 1 is 0.765 bits per heavy atom. The largest absolute Gasteiger partial charge is 0.378 e. The molecule has 1 aliphatic carbocycles. The molecular weight excluding hydrogens is 208 g/mol. The number of unbranched alkanes of at least 4 members (excludes halogenated alkanes) is 7. The number of hydrogen-bond acceptors (Lipinski definition) is 1. The minimum absolute atomic E-state index is 0.605. The van der Waals surface area contributed by atoms with Crippen LogP contribution >= 0.6 is 0 Å². The topological polar surface area (TPSA) is 9.23 Å². The lowest BCUT2D eigenvalue weighted by Gasteiger charge is -2.21. The van der Waals surface area contributed by atoms with E-state index in [1.165, 1.54) is 83.5 Å². The van der Waals surface area contributed by atoms with Crippen LogP contribution in [0.1, 0.15) is 90.4 Å². The third kappa shape index (κ3) is 8.65. The first-order valence-electron chi connectivity index (χ1n) is 8.05. The van der Waals surface area contributed by atoms with Gasteiger partial charge in [-0.2, -0.15) is 0 Å². The monoisotopic (exact) mass is 240 g/mol. The van der Waals surface area contributed by atoms with Crippen molar-refractivity contribution in [2.45, 2.75) is 96.5 Å². The van der Waals surface area contributed by atoms with E-state index in [2.05, 4.69) is 6.92 Å². The summed E-state index contributed by atoms with van der Waals surface area (Å²) in [5.74, 6) is 0. The molecule has 0 aromatic rings. The molecule has 0 aromatic heterocycles. The molecule has 102 valence electrons. The summed E-state index contributed by atoms with van der Waals surface area (Å²) in [6, 6.07) is 0. The Hall–Kier alpha value is -0.0400. The summed E-state index contributed by atoms with van der Waals surface area (Å²) in [5, 5.41) is 0. The summed E-state index contributed by atoms with van der Waals surface area (Å²) >= 11 is 0. The van der Waals surface area contributed by atoms with E-state index < -0.39 is 0 Å². The zero-order valence-electron chi connectivity index (χ0n) is 11.9. The van der Waals surface area contributed by atoms with Crippen molar-refractivity contribution < 1.29 is 4.74 Å². The van der Waals surface area contributed by atoms with Gasteiger partial charge in [-0.3, -0.25) is 0 Å². The van der Waals surface area contributed by atoms with Gasteiger partial charge in [-0.25, -0.2) is 0 Å². The quantitative estimate of drug-likeness (QED) is 0.460. The van der Waals surface area contributed by atoms with Crippen LogP contribution < -0.4 is 0 Å². The van der Waals surface area contributed by atoms with E-state index in [9.17, 15) is 0 Å². The van der Waals surface area contributed by atoms with Gasteiger partial charge in [-0.1, -0.05) is 71.1 Å². The Bertz CT molecular complexity index is 150. The van der Waals surface area contributed by atoms with Gasteiger partial charge in [0.2, 0.25) is 0 Å². The first kappa shape index (κ1) is 15.0. The van der Waals surface area contributed by atoms with E-state index in [1.54, 1.807) is 0 Å². The van der Waals surface area contributed by atoms with Crippen LogP contribution in [0.5, 0.6) is 0 Å². The lowest BCUT2D eigenvalue weighted by Crippen LogP contribution is -2.17. The number of hydrogen-bond donors (Lipinski definition) is 0. The highest BCUT2D eigenvalue weighted by molar-refractivity contribution is 4.64. The van der Waals surface area contributed by atoms with Gasteiger partial charge in [0.15, 0.2) is 0 Å². The van der Waals surface area contributed by atoms with Crippen molar-refractivity contribution in [2.75, 3.05) is 6.61 Å². The fraction of sp³-hybridized carbons (Fsp3) is 1.00. The molecule has 0 saturated heterocycles. The standard InChI is InChI=1S/C16H32O/c1-2-3-4-5-6-7-8-12-15-17-16-13-10-9-11-14-16/h16H,2-15H2,1H3. The molecule has 0 atom stereocenters. The molecule has 0 radical (unpaired) electrons. The van der Waals surface area contributed by atoms with E-state index in [0.717, 1.165) is 6.61 Å². The molecule has 0 amide bonds. The van der Waals surface area contributed by atoms with Crippen LogP contribution in [-0.2, 0) is 4.74 Å². The minimum atomic E-state index is 0.605. The van der Waals surface area contributed by atoms with Crippen molar-refractivity contribution >= 4 is 0 Å². The molecule has 1 fully saturated rings. The van der Waals surface area contributed by atoms with Crippen LogP contribution in [0.15, 0.2) is 0 Å². The van der Waals surface area contributed by atoms with Crippen LogP contribution in [0.4, 0.5) is 0 Å². The summed E-state index contributed by atoms with van der Waals surface area (Å²) < 4.78 is 5.93. The van der Waals surface area contributed by atoms with E-state index >= 15 is 0 Å². The average Bonchev–Trinajstić information content (AvgIpc) is 2.38. The van der Waals surface area contributed by atoms with E-state index in [0.29, 0.717) is 6.10 Å². The lowest BCUT2D eigenvalue weighted by molar-refractivity contribution is 0.0263. The maximum Gasteiger partial charge on any atom is 0.0575 e. The van der Waals surface area contributed by atoms with Crippen LogP contribution in [0, 0.1) is 0 Å². The van der Waals surface area contributed by atoms with E-state index in [4.69, 9.17) is 4.74 Å². The normalized spacial score (nSPS) is 17.5. The van der Waals surface area contributed by atoms with Gasteiger partial charge in [0.25, 0.3) is 0 Å². The van der Waals surface area contributed by atoms with Crippen LogP contribution in [-0.4, -0.2) is 12.7 Å². The smallest absolute Gasteiger partial charge is 0.0575 e. The summed E-state index contributed by atoms with van der Waals surface area (Å²) in [6.45, 7) is 3.29. The first-order valence-corrected chi connectivity index (χ1v) is 8.05. The number of ether oxygens (including phenoxy) is 1. The highest BCUT2D eigenvalue weighted by Crippen LogP contribution is 2.20. The van der Waals surface area contributed by atoms with Crippen molar-refractivity contribution in [3.63, 3.8) is 0 Å². The molecular formula is C16H32O. The molecule has 0 heterocycles. The Kier molecular flexibility index (Phi) is 9.78. The predicted octanol–water partition coefficient (Wildman–Crippen LogP) is 5.48. The van der Waals surface area contributed by atoms with Gasteiger partial charge in [-0.15, -0.1) is 0 Å². The summed E-state index contributed by atoms with van der Waals surface area (Å²) in [5.41, 5.74) is 0. The molecule has 0 aliphatic heterocycles. The molecule has 1 heteroatoms. The van der Waals surface area contributed by atoms with Crippen molar-refractivity contribution in [3.05, 3.63) is 0 Å². The molecule has 1 saturated carbocycles. The Balaban J connectivity index is 1.75. The van der Waals surface area contributed by atoms with Crippen molar-refractivity contribution in [2.24, 2.45) is 0 Å². The average molecular weight is 240 g/mol. The van der Waals surface area contributed by atoms with Gasteiger partial charge in [0.05, 0.1) is 6.10 Å². The predicted molar refractivity (Wildman–Crippen MR) is 75.4 cm³/mol. The molecule has 0 N–H and O–H groups in total. The van der Waals surface area contributed by atoms with Gasteiger partial charge >= 0.3 is 0 Å². The third-order valence-corrected chi connectivity index (χ3v) is 3.90. The van der Waals surface area contributed by atoms with Gasteiger partial charge in [-0.05, 0) is 19.3 Å². The molecule has 0 spiro atoms. The Morgan fingerprint density at radius 3 is 2.00 bits per heavy atom. The molecule has 17 heavy (non-hydrogen) atoms. The van der Waals surface area contributed by atoms with Crippen LogP contribution in [0.2, 0.25) is 0 Å². The number of rotatable bonds is 10. The highest BCUT2D eigenvalue weighted by Gasteiger charge is 2.12. The maximum atomic E-state index is 5.93. The molecule has 0 aromatic carbocycles. The minimum Gasteiger partial charge on any atom is -0.378 e. The SMILES string of the molecule is CCCCCCCCCCOC1CCCCC1. The fourth-order valence-electron chi connectivity index (χ4n) is 2.72. The third-order valence-electron chi connectivity index (χ3n) is 3.90. The molecule has 0 unspecified atom stereocenters. The zero-order valence-corrected chi connectivity index (χ0v) is 11.9. The van der Waals surface area contributed by atoms with E-state index in [1.807, 2.05) is 0 Å². The van der Waals surface area contributed by atoms with Crippen LogP contribution in [0.25, 0.3) is 0 Å². The second-order valence-electron chi connectivity index (χ2n) is 5.61. The maximum absolute atomic E-state index is 5.93. The zero-order chi connectivity index (χ0) is 12.2. The Morgan fingerprint density at radius 2 is 1.35 bits per heavy atom. The van der Waals surface area contributed by atoms with Gasteiger partial charge in [0, 0.05) is 6.61 Å². The fourth-order valence-corrected chi connectivity index (χ4v) is 2.72. The van der Waals surface area contributed by atoms with Gasteiger partial charge < -0.3 is 4.74 Å². The lowest BCUT2D eigenvalue weighted by atomic mass is 9.98. The molecule has 1 rings (SSSR count). The summed E-state index contributed by atoms with van der Waals surface area (Å²) in [4.78, 5) is 0. The molecule has 1 aliphatic rings. The van der Waals surface area contributed by atoms with Crippen LogP contribution in [0.3, 0.4) is 0 Å². The van der Waals surface area contributed by atoms with Crippen molar-refractivity contribution in [3.8, 4) is 0 Å². The van der Waals surface area contributed by atoms with Crippen molar-refractivity contribution in [1.29, 1.82) is 0 Å².